The van der Waals surface area contributed by atoms with Crippen LogP contribution < -0.4 is 0 Å². The van der Waals surface area contributed by atoms with Gasteiger partial charge in [0.25, 0.3) is 0 Å². The van der Waals surface area contributed by atoms with Gasteiger partial charge in [-0.25, -0.2) is 4.79 Å². The molecule has 2 aliphatic rings. The van der Waals surface area contributed by atoms with Crippen molar-refractivity contribution >= 4 is 17.7 Å². The normalized spacial score (nSPS) is 28.6. The lowest BCUT2D eigenvalue weighted by Crippen LogP contribution is -2.56. The lowest BCUT2D eigenvalue weighted by molar-refractivity contribution is -0.152. The standard InChI is InChI=1S/C18H24ClNO3/c1-3-18(23-2,14-6-4-5-7-15(14)19)20(17(21)22)16-11-12-8-9-13(16)10-12/h4-7,12-13,16H,3,8-11H2,1-2H3,(H,21,22)/t12?,13?,16?,18-/m1/s1. The van der Waals surface area contributed by atoms with Crippen molar-refractivity contribution in [2.24, 2.45) is 11.8 Å². The van der Waals surface area contributed by atoms with Crippen LogP contribution in [0.2, 0.25) is 5.02 Å². The topological polar surface area (TPSA) is 49.8 Å². The smallest absolute Gasteiger partial charge is 0.410 e. The Hall–Kier alpha value is -1.26. The van der Waals surface area contributed by atoms with Crippen LogP contribution in [0, 0.1) is 11.8 Å². The summed E-state index contributed by atoms with van der Waals surface area (Å²) in [6, 6.07) is 7.41. The molecule has 2 bridgehead atoms. The molecule has 4 atom stereocenters. The van der Waals surface area contributed by atoms with Gasteiger partial charge < -0.3 is 9.84 Å². The van der Waals surface area contributed by atoms with Gasteiger partial charge in [-0.1, -0.05) is 43.1 Å². The van der Waals surface area contributed by atoms with E-state index < -0.39 is 11.8 Å². The molecule has 3 rings (SSSR count). The molecule has 1 amide bonds. The summed E-state index contributed by atoms with van der Waals surface area (Å²) in [5.74, 6) is 1.10. The van der Waals surface area contributed by atoms with Crippen molar-refractivity contribution in [2.75, 3.05) is 7.11 Å². The Bertz CT molecular complexity index is 587. The van der Waals surface area contributed by atoms with Crippen molar-refractivity contribution in [2.45, 2.75) is 50.8 Å². The molecule has 0 saturated heterocycles. The third-order valence-corrected chi connectivity index (χ3v) is 6.07. The summed E-state index contributed by atoms with van der Waals surface area (Å²) in [6.45, 7) is 1.95. The van der Waals surface area contributed by atoms with E-state index in [1.54, 1.807) is 18.1 Å². The van der Waals surface area contributed by atoms with Crippen molar-refractivity contribution < 1.29 is 14.6 Å². The average molecular weight is 338 g/mol. The third-order valence-electron chi connectivity index (χ3n) is 5.74. The van der Waals surface area contributed by atoms with Crippen molar-refractivity contribution in [3.8, 4) is 0 Å². The molecule has 23 heavy (non-hydrogen) atoms. The fourth-order valence-electron chi connectivity index (χ4n) is 4.71. The molecule has 5 heteroatoms. The number of ether oxygens (including phenoxy) is 1. The van der Waals surface area contributed by atoms with Crippen LogP contribution in [0.4, 0.5) is 4.79 Å². The molecule has 1 N–H and O–H groups in total. The maximum atomic E-state index is 12.2. The van der Waals surface area contributed by atoms with Crippen molar-refractivity contribution in [3.05, 3.63) is 34.9 Å². The monoisotopic (exact) mass is 337 g/mol. The highest BCUT2D eigenvalue weighted by atomic mass is 35.5. The number of rotatable bonds is 5. The number of hydrogen-bond donors (Lipinski definition) is 1. The van der Waals surface area contributed by atoms with E-state index in [2.05, 4.69) is 0 Å². The van der Waals surface area contributed by atoms with Gasteiger partial charge in [-0.05, 0) is 43.6 Å². The molecule has 1 aromatic carbocycles. The van der Waals surface area contributed by atoms with Gasteiger partial charge in [0.05, 0.1) is 0 Å². The molecule has 0 aliphatic heterocycles. The number of carbonyl (C=O) groups is 1. The predicted octanol–water partition coefficient (Wildman–Crippen LogP) is 4.72. The molecule has 3 unspecified atom stereocenters. The lowest BCUT2D eigenvalue weighted by Gasteiger charge is -2.46. The van der Waals surface area contributed by atoms with Gasteiger partial charge in [-0.2, -0.15) is 0 Å². The highest BCUT2D eigenvalue weighted by Gasteiger charge is 2.52. The van der Waals surface area contributed by atoms with Gasteiger partial charge in [0, 0.05) is 23.7 Å². The van der Waals surface area contributed by atoms with Gasteiger partial charge in [0.15, 0.2) is 5.72 Å². The van der Waals surface area contributed by atoms with Crippen LogP contribution in [0.25, 0.3) is 0 Å². The summed E-state index contributed by atoms with van der Waals surface area (Å²) in [7, 11) is 1.58. The first-order valence-electron chi connectivity index (χ1n) is 8.36. The highest BCUT2D eigenvalue weighted by molar-refractivity contribution is 6.31. The fraction of sp³-hybridized carbons (Fsp3) is 0.611. The minimum Gasteiger partial charge on any atom is -0.465 e. The average Bonchev–Trinajstić information content (AvgIpc) is 3.16. The fourth-order valence-corrected chi connectivity index (χ4v) is 5.00. The maximum absolute atomic E-state index is 12.2. The van der Waals surface area contributed by atoms with Gasteiger partial charge in [0.1, 0.15) is 0 Å². The number of carboxylic acid groups (broad SMARTS) is 1. The zero-order chi connectivity index (χ0) is 16.6. The van der Waals surface area contributed by atoms with Gasteiger partial charge in [-0.3, -0.25) is 4.90 Å². The van der Waals surface area contributed by atoms with Crippen LogP contribution in [0.1, 0.15) is 44.6 Å². The Labute approximate surface area is 142 Å². The number of hydrogen-bond acceptors (Lipinski definition) is 2. The van der Waals surface area contributed by atoms with E-state index >= 15 is 0 Å². The quantitative estimate of drug-likeness (QED) is 0.791. The first kappa shape index (κ1) is 16.6. The molecule has 126 valence electrons. The Morgan fingerprint density at radius 1 is 1.39 bits per heavy atom. The predicted molar refractivity (Wildman–Crippen MR) is 89.5 cm³/mol. The van der Waals surface area contributed by atoms with Crippen LogP contribution in [0.5, 0.6) is 0 Å². The summed E-state index contributed by atoms with van der Waals surface area (Å²) >= 11 is 6.40. The van der Waals surface area contributed by atoms with E-state index in [0.717, 1.165) is 24.8 Å². The van der Waals surface area contributed by atoms with E-state index in [4.69, 9.17) is 16.3 Å². The number of methoxy groups -OCH3 is 1. The molecule has 1 aromatic rings. The zero-order valence-corrected chi connectivity index (χ0v) is 14.4. The Kier molecular flexibility index (Phi) is 4.56. The number of halogens is 1. The van der Waals surface area contributed by atoms with Gasteiger partial charge in [0.2, 0.25) is 0 Å². The van der Waals surface area contributed by atoms with Crippen LogP contribution in [-0.4, -0.2) is 29.3 Å². The molecule has 0 aromatic heterocycles. The summed E-state index contributed by atoms with van der Waals surface area (Å²) in [6.07, 6.45) is 4.02. The Morgan fingerprint density at radius 3 is 2.61 bits per heavy atom. The van der Waals surface area contributed by atoms with E-state index in [0.29, 0.717) is 23.3 Å². The van der Waals surface area contributed by atoms with E-state index in [1.165, 1.54) is 6.42 Å². The molecule has 0 heterocycles. The molecular weight excluding hydrogens is 314 g/mol. The van der Waals surface area contributed by atoms with Crippen molar-refractivity contribution in [1.29, 1.82) is 0 Å². The second-order valence-electron chi connectivity index (χ2n) is 6.72. The molecular formula is C18H24ClNO3. The minimum atomic E-state index is -1.03. The maximum Gasteiger partial charge on any atom is 0.410 e. The molecule has 0 spiro atoms. The van der Waals surface area contributed by atoms with Crippen LogP contribution in [-0.2, 0) is 10.5 Å². The summed E-state index contributed by atoms with van der Waals surface area (Å²) < 4.78 is 5.86. The van der Waals surface area contributed by atoms with Crippen LogP contribution >= 0.6 is 11.6 Å². The Morgan fingerprint density at radius 2 is 2.13 bits per heavy atom. The SMILES string of the molecule is CC[C@@](OC)(c1ccccc1Cl)N(C(=O)O)C1CC2CCC1C2. The summed E-state index contributed by atoms with van der Waals surface area (Å²) in [5.41, 5.74) is -0.295. The van der Waals surface area contributed by atoms with Gasteiger partial charge in [-0.15, -0.1) is 0 Å². The first-order valence-corrected chi connectivity index (χ1v) is 8.73. The Balaban J connectivity index is 2.06. The molecule has 2 aliphatic carbocycles. The number of benzene rings is 1. The van der Waals surface area contributed by atoms with E-state index in [-0.39, 0.29) is 6.04 Å². The van der Waals surface area contributed by atoms with E-state index in [1.807, 2.05) is 25.1 Å². The highest BCUT2D eigenvalue weighted by Crippen LogP contribution is 2.50. The lowest BCUT2D eigenvalue weighted by atomic mass is 9.89. The van der Waals surface area contributed by atoms with Gasteiger partial charge >= 0.3 is 6.09 Å². The molecule has 0 radical (unpaired) electrons. The summed E-state index contributed by atoms with van der Waals surface area (Å²) in [5, 5.41) is 10.6. The molecule has 2 saturated carbocycles. The second-order valence-corrected chi connectivity index (χ2v) is 7.12. The molecule has 4 nitrogen and oxygen atoms in total. The third kappa shape index (κ3) is 2.62. The zero-order valence-electron chi connectivity index (χ0n) is 13.7. The largest absolute Gasteiger partial charge is 0.465 e. The van der Waals surface area contributed by atoms with Crippen molar-refractivity contribution in [3.63, 3.8) is 0 Å². The summed E-state index contributed by atoms with van der Waals surface area (Å²) in [4.78, 5) is 13.8. The molecule has 2 fully saturated rings. The van der Waals surface area contributed by atoms with E-state index in [9.17, 15) is 9.90 Å². The minimum absolute atomic E-state index is 0.0161. The number of amides is 1. The number of nitrogens with zero attached hydrogens (tertiary/aromatic N) is 1. The van der Waals surface area contributed by atoms with Crippen molar-refractivity contribution in [1.82, 2.24) is 4.90 Å². The second kappa shape index (κ2) is 6.33. The van der Waals surface area contributed by atoms with Crippen LogP contribution in [0.3, 0.4) is 0 Å². The number of fused-ring (bicyclic) bond motifs is 2. The van der Waals surface area contributed by atoms with Crippen LogP contribution in [0.15, 0.2) is 24.3 Å². The first-order chi connectivity index (χ1) is 11.0.